The zero-order chi connectivity index (χ0) is 17.8. The first-order chi connectivity index (χ1) is 12.0. The Labute approximate surface area is 145 Å². The Balaban J connectivity index is 1.53. The number of carbonyl (C=O) groups excluding carboxylic acids is 2. The monoisotopic (exact) mass is 344 g/mol. The first-order valence-electron chi connectivity index (χ1n) is 8.83. The number of nitrogens with one attached hydrogen (secondary N) is 4. The number of anilines is 1. The molecule has 4 N–H and O–H groups in total. The van der Waals surface area contributed by atoms with E-state index in [-0.39, 0.29) is 17.5 Å². The van der Waals surface area contributed by atoms with Gasteiger partial charge in [0.15, 0.2) is 0 Å². The summed E-state index contributed by atoms with van der Waals surface area (Å²) in [5, 5.41) is 5.54. The van der Waals surface area contributed by atoms with Crippen molar-refractivity contribution < 1.29 is 9.59 Å². The van der Waals surface area contributed by atoms with Gasteiger partial charge < -0.3 is 20.6 Å². The van der Waals surface area contributed by atoms with Crippen molar-refractivity contribution in [1.29, 1.82) is 0 Å². The third-order valence-corrected chi connectivity index (χ3v) is 4.75. The maximum atomic E-state index is 12.3. The Morgan fingerprint density at radius 2 is 1.88 bits per heavy atom. The van der Waals surface area contributed by atoms with Crippen molar-refractivity contribution in [2.45, 2.75) is 51.5 Å². The number of benzene rings is 1. The number of aromatic nitrogens is 2. The molecule has 134 valence electrons. The molecule has 1 aromatic heterocycles. The second kappa shape index (κ2) is 7.55. The molecule has 7 nitrogen and oxygen atoms in total. The molecule has 25 heavy (non-hydrogen) atoms. The minimum atomic E-state index is -0.614. The van der Waals surface area contributed by atoms with Crippen LogP contribution in [-0.4, -0.2) is 27.8 Å². The van der Waals surface area contributed by atoms with Gasteiger partial charge in [-0.05, 0) is 43.9 Å². The lowest BCUT2D eigenvalue weighted by Gasteiger charge is -2.22. The van der Waals surface area contributed by atoms with Crippen LogP contribution in [-0.2, 0) is 9.59 Å². The number of rotatable bonds is 5. The van der Waals surface area contributed by atoms with Gasteiger partial charge in [-0.1, -0.05) is 19.3 Å². The van der Waals surface area contributed by atoms with Crippen LogP contribution in [0.3, 0.4) is 0 Å². The van der Waals surface area contributed by atoms with Crippen LogP contribution in [0.4, 0.5) is 5.69 Å². The summed E-state index contributed by atoms with van der Waals surface area (Å²) in [7, 11) is 0. The molecule has 0 saturated heterocycles. The largest absolute Gasteiger partial charge is 0.345 e. The highest BCUT2D eigenvalue weighted by molar-refractivity contribution is 5.98. The first-order valence-corrected chi connectivity index (χ1v) is 8.83. The van der Waals surface area contributed by atoms with Crippen LogP contribution in [0.15, 0.2) is 23.0 Å². The van der Waals surface area contributed by atoms with E-state index in [0.717, 1.165) is 12.8 Å². The molecule has 1 heterocycles. The van der Waals surface area contributed by atoms with E-state index in [1.54, 1.807) is 25.1 Å². The number of H-pyrrole nitrogens is 2. The van der Waals surface area contributed by atoms with Crippen molar-refractivity contribution >= 4 is 28.5 Å². The molecule has 0 bridgehead atoms. The third kappa shape index (κ3) is 4.49. The van der Waals surface area contributed by atoms with Crippen LogP contribution in [0.2, 0.25) is 0 Å². The van der Waals surface area contributed by atoms with Crippen LogP contribution >= 0.6 is 0 Å². The fourth-order valence-electron chi connectivity index (χ4n) is 3.38. The molecule has 7 heteroatoms. The number of hydrogen-bond donors (Lipinski definition) is 4. The molecule has 0 radical (unpaired) electrons. The van der Waals surface area contributed by atoms with Gasteiger partial charge in [-0.15, -0.1) is 0 Å². The van der Waals surface area contributed by atoms with Gasteiger partial charge in [0.05, 0.1) is 11.0 Å². The number of hydrogen-bond acceptors (Lipinski definition) is 3. The van der Waals surface area contributed by atoms with Gasteiger partial charge in [0.2, 0.25) is 11.8 Å². The molecule has 2 aromatic rings. The minimum absolute atomic E-state index is 0.0695. The van der Waals surface area contributed by atoms with Gasteiger partial charge in [0, 0.05) is 12.1 Å². The highest BCUT2D eigenvalue weighted by Gasteiger charge is 2.20. The number of carbonyl (C=O) groups is 2. The predicted molar refractivity (Wildman–Crippen MR) is 96.3 cm³/mol. The van der Waals surface area contributed by atoms with Crippen molar-refractivity contribution in [3.63, 3.8) is 0 Å². The topological polar surface area (TPSA) is 107 Å². The number of imidazole rings is 1. The van der Waals surface area contributed by atoms with Crippen molar-refractivity contribution in [3.05, 3.63) is 28.7 Å². The molecule has 1 unspecified atom stereocenters. The SMILES string of the molecule is CC(NC(=O)CC1CCCCC1)C(=O)Nc1ccc2[nH]c(=O)[nH]c2c1. The molecule has 0 spiro atoms. The van der Waals surface area contributed by atoms with E-state index >= 15 is 0 Å². The smallest absolute Gasteiger partial charge is 0.323 e. The van der Waals surface area contributed by atoms with Crippen molar-refractivity contribution in [2.24, 2.45) is 5.92 Å². The fourth-order valence-corrected chi connectivity index (χ4v) is 3.38. The van der Waals surface area contributed by atoms with Gasteiger partial charge in [-0.2, -0.15) is 0 Å². The number of aromatic amines is 2. The fraction of sp³-hybridized carbons (Fsp3) is 0.500. The summed E-state index contributed by atoms with van der Waals surface area (Å²) in [4.78, 5) is 41.0. The highest BCUT2D eigenvalue weighted by Crippen LogP contribution is 2.26. The van der Waals surface area contributed by atoms with Gasteiger partial charge >= 0.3 is 5.69 Å². The molecule has 2 amide bonds. The second-order valence-electron chi connectivity index (χ2n) is 6.83. The average molecular weight is 344 g/mol. The molecule has 1 aromatic carbocycles. The van der Waals surface area contributed by atoms with Crippen LogP contribution < -0.4 is 16.3 Å². The molecule has 1 saturated carbocycles. The van der Waals surface area contributed by atoms with Crippen molar-refractivity contribution in [2.75, 3.05) is 5.32 Å². The summed E-state index contributed by atoms with van der Waals surface area (Å²) in [5.41, 5.74) is 1.58. The average Bonchev–Trinajstić information content (AvgIpc) is 2.94. The molecular weight excluding hydrogens is 320 g/mol. The Morgan fingerprint density at radius 1 is 1.16 bits per heavy atom. The quantitative estimate of drug-likeness (QED) is 0.668. The minimum Gasteiger partial charge on any atom is -0.345 e. The van der Waals surface area contributed by atoms with E-state index in [4.69, 9.17) is 0 Å². The highest BCUT2D eigenvalue weighted by atomic mass is 16.2. The summed E-state index contributed by atoms with van der Waals surface area (Å²) in [5.74, 6) is 0.0889. The normalized spacial score (nSPS) is 16.5. The van der Waals surface area contributed by atoms with Gasteiger partial charge in [0.25, 0.3) is 0 Å². The molecule has 0 aliphatic heterocycles. The summed E-state index contributed by atoms with van der Waals surface area (Å²) >= 11 is 0. The molecule has 1 fully saturated rings. The maximum absolute atomic E-state index is 12.3. The van der Waals surface area contributed by atoms with E-state index in [1.165, 1.54) is 19.3 Å². The standard InChI is InChI=1S/C18H24N4O3/c1-11(19-16(23)9-12-5-3-2-4-6-12)17(24)20-13-7-8-14-15(10-13)22-18(25)21-14/h7-8,10-12H,2-6,9H2,1H3,(H,19,23)(H,20,24)(H2,21,22,25). The first kappa shape index (κ1) is 17.3. The molecule has 1 atom stereocenters. The lowest BCUT2D eigenvalue weighted by Crippen LogP contribution is -2.42. The number of fused-ring (bicyclic) bond motifs is 1. The van der Waals surface area contributed by atoms with Crippen molar-refractivity contribution in [1.82, 2.24) is 15.3 Å². The van der Waals surface area contributed by atoms with E-state index < -0.39 is 6.04 Å². The molecule has 1 aliphatic rings. The van der Waals surface area contributed by atoms with Gasteiger partial charge in [-0.25, -0.2) is 4.79 Å². The zero-order valence-corrected chi connectivity index (χ0v) is 14.4. The summed E-state index contributed by atoms with van der Waals surface area (Å²) in [6.07, 6.45) is 6.34. The Bertz CT molecular complexity index is 817. The second-order valence-corrected chi connectivity index (χ2v) is 6.83. The summed E-state index contributed by atoms with van der Waals surface area (Å²) in [6, 6.07) is 4.49. The lowest BCUT2D eigenvalue weighted by molar-refractivity contribution is -0.126. The Morgan fingerprint density at radius 3 is 2.64 bits per heavy atom. The number of amides is 2. The maximum Gasteiger partial charge on any atom is 0.323 e. The van der Waals surface area contributed by atoms with Gasteiger partial charge in [0.1, 0.15) is 6.04 Å². The lowest BCUT2D eigenvalue weighted by atomic mass is 9.87. The zero-order valence-electron chi connectivity index (χ0n) is 14.4. The van der Waals surface area contributed by atoms with Crippen LogP contribution in [0, 0.1) is 5.92 Å². The summed E-state index contributed by atoms with van der Waals surface area (Å²) < 4.78 is 0. The Kier molecular flexibility index (Phi) is 5.21. The molecule has 1 aliphatic carbocycles. The van der Waals surface area contributed by atoms with Crippen LogP contribution in [0.25, 0.3) is 11.0 Å². The van der Waals surface area contributed by atoms with E-state index in [1.807, 2.05) is 0 Å². The molecular formula is C18H24N4O3. The van der Waals surface area contributed by atoms with Gasteiger partial charge in [-0.3, -0.25) is 9.59 Å². The van der Waals surface area contributed by atoms with Crippen LogP contribution in [0.1, 0.15) is 45.4 Å². The Hall–Kier alpha value is -2.57. The van der Waals surface area contributed by atoms with Crippen LogP contribution in [0.5, 0.6) is 0 Å². The van der Waals surface area contributed by atoms with Crippen molar-refractivity contribution in [3.8, 4) is 0 Å². The van der Waals surface area contributed by atoms with E-state index in [2.05, 4.69) is 20.6 Å². The van der Waals surface area contributed by atoms with E-state index in [9.17, 15) is 14.4 Å². The molecule has 3 rings (SSSR count). The summed E-state index contributed by atoms with van der Waals surface area (Å²) in [6.45, 7) is 1.67. The van der Waals surface area contributed by atoms with E-state index in [0.29, 0.717) is 29.1 Å². The predicted octanol–water partition coefficient (Wildman–Crippen LogP) is 2.27. The third-order valence-electron chi connectivity index (χ3n) is 4.75.